The largest absolute Gasteiger partial charge is 0.497 e. The maximum absolute atomic E-state index is 12.7. The fraction of sp³-hybridized carbons (Fsp3) is 0.381. The fourth-order valence-corrected chi connectivity index (χ4v) is 2.75. The number of para-hydroxylation sites is 1. The van der Waals surface area contributed by atoms with E-state index in [2.05, 4.69) is 31.3 Å². The maximum Gasteiger partial charge on any atom is 0.265 e. The van der Waals surface area contributed by atoms with E-state index >= 15 is 0 Å². The molecular formula is C21H27NO3. The zero-order valence-electron chi connectivity index (χ0n) is 15.5. The summed E-state index contributed by atoms with van der Waals surface area (Å²) in [5.74, 6) is 1.30. The lowest BCUT2D eigenvalue weighted by molar-refractivity contribution is -0.122. The zero-order valence-corrected chi connectivity index (χ0v) is 15.5. The molecule has 4 heteroatoms. The molecule has 0 radical (unpaired) electrons. The van der Waals surface area contributed by atoms with E-state index in [4.69, 9.17) is 9.47 Å². The number of carbonyl (C=O) groups is 1. The first kappa shape index (κ1) is 18.8. The van der Waals surface area contributed by atoms with Gasteiger partial charge in [-0.3, -0.25) is 4.79 Å². The highest BCUT2D eigenvalue weighted by Gasteiger charge is 2.20. The van der Waals surface area contributed by atoms with Gasteiger partial charge in [0.05, 0.1) is 7.11 Å². The Labute approximate surface area is 150 Å². The van der Waals surface area contributed by atoms with Crippen molar-refractivity contribution in [2.24, 2.45) is 0 Å². The van der Waals surface area contributed by atoms with Crippen molar-refractivity contribution in [3.05, 3.63) is 53.6 Å². The normalized spacial score (nSPS) is 11.7. The number of aryl methyl sites for hydroxylation is 2. The summed E-state index contributed by atoms with van der Waals surface area (Å²) >= 11 is 0. The first-order valence-corrected chi connectivity index (χ1v) is 8.85. The number of hydrogen-bond donors (Lipinski definition) is 1. The van der Waals surface area contributed by atoms with Gasteiger partial charge in [0, 0.05) is 5.69 Å². The van der Waals surface area contributed by atoms with Crippen molar-refractivity contribution in [3.63, 3.8) is 0 Å². The van der Waals surface area contributed by atoms with Crippen LogP contribution in [0.15, 0.2) is 42.5 Å². The van der Waals surface area contributed by atoms with Gasteiger partial charge in [0.15, 0.2) is 6.10 Å². The Kier molecular flexibility index (Phi) is 6.87. The van der Waals surface area contributed by atoms with Crippen LogP contribution in [0, 0.1) is 0 Å². The summed E-state index contributed by atoms with van der Waals surface area (Å²) in [5, 5.41) is 3.09. The fourth-order valence-electron chi connectivity index (χ4n) is 2.75. The maximum atomic E-state index is 12.7. The molecule has 1 N–H and O–H groups in total. The molecule has 4 nitrogen and oxygen atoms in total. The molecule has 25 heavy (non-hydrogen) atoms. The molecule has 0 saturated heterocycles. The van der Waals surface area contributed by atoms with E-state index in [1.165, 1.54) is 0 Å². The van der Waals surface area contributed by atoms with Gasteiger partial charge in [-0.1, -0.05) is 39.0 Å². The van der Waals surface area contributed by atoms with Crippen LogP contribution in [0.3, 0.4) is 0 Å². The summed E-state index contributed by atoms with van der Waals surface area (Å²) in [6.07, 6.45) is 1.80. The SMILES string of the molecule is CCc1cccc(CC)c1NC(=O)[C@H](CC)Oc1ccc(OC)cc1. The Bertz CT molecular complexity index is 673. The van der Waals surface area contributed by atoms with E-state index in [0.29, 0.717) is 12.2 Å². The Hall–Kier alpha value is -2.49. The molecule has 0 aliphatic heterocycles. The van der Waals surface area contributed by atoms with Gasteiger partial charge in [-0.25, -0.2) is 0 Å². The predicted molar refractivity (Wildman–Crippen MR) is 102 cm³/mol. The number of benzene rings is 2. The predicted octanol–water partition coefficient (Wildman–Crippen LogP) is 4.62. The molecule has 1 amide bonds. The average Bonchev–Trinajstić information content (AvgIpc) is 2.66. The summed E-state index contributed by atoms with van der Waals surface area (Å²) in [6.45, 7) is 6.13. The molecular weight excluding hydrogens is 314 g/mol. The van der Waals surface area contributed by atoms with Gasteiger partial charge in [0.2, 0.25) is 0 Å². The molecule has 0 spiro atoms. The number of nitrogens with one attached hydrogen (secondary N) is 1. The Morgan fingerprint density at radius 1 is 0.960 bits per heavy atom. The second-order valence-corrected chi connectivity index (χ2v) is 5.84. The first-order chi connectivity index (χ1) is 12.1. The molecule has 0 fully saturated rings. The number of ether oxygens (including phenoxy) is 2. The van der Waals surface area contributed by atoms with E-state index in [1.54, 1.807) is 7.11 Å². The third-order valence-electron chi connectivity index (χ3n) is 4.25. The van der Waals surface area contributed by atoms with Crippen molar-refractivity contribution >= 4 is 11.6 Å². The van der Waals surface area contributed by atoms with Crippen LogP contribution >= 0.6 is 0 Å². The second-order valence-electron chi connectivity index (χ2n) is 5.84. The van der Waals surface area contributed by atoms with Gasteiger partial charge >= 0.3 is 0 Å². The lowest BCUT2D eigenvalue weighted by atomic mass is 10.0. The van der Waals surface area contributed by atoms with E-state index in [9.17, 15) is 4.79 Å². The van der Waals surface area contributed by atoms with E-state index < -0.39 is 6.10 Å². The van der Waals surface area contributed by atoms with Crippen molar-refractivity contribution in [2.45, 2.75) is 46.1 Å². The molecule has 2 aromatic carbocycles. The van der Waals surface area contributed by atoms with E-state index in [0.717, 1.165) is 35.4 Å². The number of carbonyl (C=O) groups excluding carboxylic acids is 1. The smallest absolute Gasteiger partial charge is 0.265 e. The quantitative estimate of drug-likeness (QED) is 0.762. The van der Waals surface area contributed by atoms with Crippen LogP contribution in [0.1, 0.15) is 38.3 Å². The Balaban J connectivity index is 2.14. The number of methoxy groups -OCH3 is 1. The van der Waals surface area contributed by atoms with Crippen LogP contribution in [-0.4, -0.2) is 19.1 Å². The Morgan fingerprint density at radius 3 is 2.00 bits per heavy atom. The minimum Gasteiger partial charge on any atom is -0.497 e. The topological polar surface area (TPSA) is 47.6 Å². The highest BCUT2D eigenvalue weighted by Crippen LogP contribution is 2.24. The number of rotatable bonds is 8. The molecule has 0 heterocycles. The van der Waals surface area contributed by atoms with Crippen LogP contribution < -0.4 is 14.8 Å². The van der Waals surface area contributed by atoms with Gasteiger partial charge in [-0.15, -0.1) is 0 Å². The van der Waals surface area contributed by atoms with Crippen LogP contribution in [0.5, 0.6) is 11.5 Å². The standard InChI is InChI=1S/C21H27NO3/c1-5-15-9-8-10-16(6-2)20(15)22-21(23)19(7-3)25-18-13-11-17(24-4)12-14-18/h8-14,19H,5-7H2,1-4H3,(H,22,23)/t19-/m0/s1. The number of anilines is 1. The summed E-state index contributed by atoms with van der Waals surface area (Å²) < 4.78 is 11.0. The molecule has 0 aliphatic carbocycles. The molecule has 2 rings (SSSR count). The van der Waals surface area contributed by atoms with Gasteiger partial charge in [-0.2, -0.15) is 0 Å². The summed E-state index contributed by atoms with van der Waals surface area (Å²) in [7, 11) is 1.62. The van der Waals surface area contributed by atoms with Gasteiger partial charge < -0.3 is 14.8 Å². The van der Waals surface area contributed by atoms with Crippen molar-refractivity contribution in [1.29, 1.82) is 0 Å². The van der Waals surface area contributed by atoms with Crippen molar-refractivity contribution in [1.82, 2.24) is 0 Å². The van der Waals surface area contributed by atoms with Gasteiger partial charge in [0.25, 0.3) is 5.91 Å². The first-order valence-electron chi connectivity index (χ1n) is 8.85. The molecule has 0 unspecified atom stereocenters. The molecule has 0 aliphatic rings. The van der Waals surface area contributed by atoms with E-state index in [-0.39, 0.29) is 5.91 Å². The van der Waals surface area contributed by atoms with Gasteiger partial charge in [-0.05, 0) is 54.7 Å². The molecule has 0 saturated carbocycles. The lowest BCUT2D eigenvalue weighted by Gasteiger charge is -2.20. The minimum absolute atomic E-state index is 0.117. The molecule has 1 atom stereocenters. The van der Waals surface area contributed by atoms with Gasteiger partial charge in [0.1, 0.15) is 11.5 Å². The summed E-state index contributed by atoms with van der Waals surface area (Å²) in [6, 6.07) is 13.4. The van der Waals surface area contributed by atoms with Crippen molar-refractivity contribution < 1.29 is 14.3 Å². The second kappa shape index (κ2) is 9.11. The zero-order chi connectivity index (χ0) is 18.2. The molecule has 134 valence electrons. The highest BCUT2D eigenvalue weighted by molar-refractivity contribution is 5.95. The summed E-state index contributed by atoms with van der Waals surface area (Å²) in [5.41, 5.74) is 3.22. The molecule has 0 aromatic heterocycles. The number of amides is 1. The number of hydrogen-bond acceptors (Lipinski definition) is 3. The van der Waals surface area contributed by atoms with Crippen LogP contribution in [-0.2, 0) is 17.6 Å². The highest BCUT2D eigenvalue weighted by atomic mass is 16.5. The molecule has 2 aromatic rings. The minimum atomic E-state index is -0.539. The monoisotopic (exact) mass is 341 g/mol. The lowest BCUT2D eigenvalue weighted by Crippen LogP contribution is -2.33. The third-order valence-corrected chi connectivity index (χ3v) is 4.25. The molecule has 0 bridgehead atoms. The van der Waals surface area contributed by atoms with Crippen LogP contribution in [0.25, 0.3) is 0 Å². The van der Waals surface area contributed by atoms with Crippen LogP contribution in [0.4, 0.5) is 5.69 Å². The van der Waals surface area contributed by atoms with Crippen LogP contribution in [0.2, 0.25) is 0 Å². The average molecular weight is 341 g/mol. The Morgan fingerprint density at radius 2 is 1.52 bits per heavy atom. The van der Waals surface area contributed by atoms with Crippen molar-refractivity contribution in [3.8, 4) is 11.5 Å². The van der Waals surface area contributed by atoms with E-state index in [1.807, 2.05) is 37.3 Å². The third kappa shape index (κ3) is 4.75. The summed E-state index contributed by atoms with van der Waals surface area (Å²) in [4.78, 5) is 12.7. The van der Waals surface area contributed by atoms with Crippen molar-refractivity contribution in [2.75, 3.05) is 12.4 Å².